The van der Waals surface area contributed by atoms with E-state index in [0.717, 1.165) is 5.75 Å². The van der Waals surface area contributed by atoms with Crippen molar-refractivity contribution >= 4 is 22.9 Å². The highest BCUT2D eigenvalue weighted by Crippen LogP contribution is 2.44. The SMILES string of the molecule is CC(Oc1[c]ccc(Cl)c1)(c1cccs1)C1CCCCC1. The molecule has 0 aliphatic heterocycles. The Hall–Kier alpha value is -0.990. The van der Waals surface area contributed by atoms with E-state index in [1.807, 2.05) is 18.2 Å². The second-order valence-corrected chi connectivity index (χ2v) is 7.28. The topological polar surface area (TPSA) is 9.23 Å². The van der Waals surface area contributed by atoms with E-state index < -0.39 is 0 Å². The highest BCUT2D eigenvalue weighted by atomic mass is 35.5. The lowest BCUT2D eigenvalue weighted by Crippen LogP contribution is -2.38. The van der Waals surface area contributed by atoms with Crippen LogP contribution in [-0.4, -0.2) is 0 Å². The van der Waals surface area contributed by atoms with Crippen LogP contribution in [0.4, 0.5) is 0 Å². The molecule has 2 aromatic rings. The highest BCUT2D eigenvalue weighted by Gasteiger charge is 2.39. The van der Waals surface area contributed by atoms with Crippen LogP contribution in [0.5, 0.6) is 5.75 Å². The first-order chi connectivity index (χ1) is 10.2. The Bertz CT molecular complexity index is 575. The minimum Gasteiger partial charge on any atom is -0.481 e. The van der Waals surface area contributed by atoms with Crippen molar-refractivity contribution in [1.82, 2.24) is 0 Å². The summed E-state index contributed by atoms with van der Waals surface area (Å²) >= 11 is 7.86. The molecular formula is C18H20ClOS. The molecule has 0 bridgehead atoms. The van der Waals surface area contributed by atoms with E-state index in [0.29, 0.717) is 10.9 Å². The standard InChI is InChI=1S/C18H20ClOS/c1-18(17-11-6-12-21-17,14-7-3-2-4-8-14)20-16-10-5-9-15(19)13-16/h5-6,9,11-14H,2-4,7-8H2,1H3. The molecule has 1 aliphatic carbocycles. The van der Waals surface area contributed by atoms with Gasteiger partial charge in [0.2, 0.25) is 0 Å². The van der Waals surface area contributed by atoms with Crippen LogP contribution in [0.3, 0.4) is 0 Å². The quantitative estimate of drug-likeness (QED) is 0.664. The molecule has 0 spiro atoms. The van der Waals surface area contributed by atoms with Crippen LogP contribution in [0.2, 0.25) is 5.02 Å². The minimum absolute atomic E-state index is 0.282. The normalized spacial score (nSPS) is 19.1. The van der Waals surface area contributed by atoms with Crippen molar-refractivity contribution < 1.29 is 4.74 Å². The monoisotopic (exact) mass is 319 g/mol. The number of ether oxygens (including phenoxy) is 1. The number of halogens is 1. The predicted octanol–water partition coefficient (Wildman–Crippen LogP) is 6.08. The summed E-state index contributed by atoms with van der Waals surface area (Å²) in [6, 6.07) is 13.0. The Morgan fingerprint density at radius 2 is 2.10 bits per heavy atom. The lowest BCUT2D eigenvalue weighted by atomic mass is 9.77. The van der Waals surface area contributed by atoms with Gasteiger partial charge in [0.05, 0.1) is 0 Å². The summed E-state index contributed by atoms with van der Waals surface area (Å²) in [6.45, 7) is 2.23. The lowest BCUT2D eigenvalue weighted by molar-refractivity contribution is 0.00675. The van der Waals surface area contributed by atoms with Gasteiger partial charge < -0.3 is 4.74 Å². The maximum absolute atomic E-state index is 6.44. The summed E-state index contributed by atoms with van der Waals surface area (Å²) in [5.41, 5.74) is -0.282. The Morgan fingerprint density at radius 3 is 2.76 bits per heavy atom. The highest BCUT2D eigenvalue weighted by molar-refractivity contribution is 7.10. The average Bonchev–Trinajstić information content (AvgIpc) is 3.03. The molecule has 111 valence electrons. The minimum atomic E-state index is -0.282. The van der Waals surface area contributed by atoms with Crippen LogP contribution >= 0.6 is 22.9 Å². The molecule has 1 atom stereocenters. The zero-order valence-corrected chi connectivity index (χ0v) is 13.8. The second kappa shape index (κ2) is 6.41. The van der Waals surface area contributed by atoms with Gasteiger partial charge in [-0.2, -0.15) is 0 Å². The average molecular weight is 320 g/mol. The summed E-state index contributed by atoms with van der Waals surface area (Å²) in [5, 5.41) is 2.82. The molecule has 1 aromatic carbocycles. The third-order valence-electron chi connectivity index (χ3n) is 4.45. The summed E-state index contributed by atoms with van der Waals surface area (Å²) < 4.78 is 6.44. The number of benzene rings is 1. The Kier molecular flexibility index (Phi) is 4.56. The van der Waals surface area contributed by atoms with Crippen molar-refractivity contribution in [3.8, 4) is 5.75 Å². The van der Waals surface area contributed by atoms with Crippen LogP contribution in [0.1, 0.15) is 43.9 Å². The number of thiophene rings is 1. The molecule has 1 nitrogen and oxygen atoms in total. The van der Waals surface area contributed by atoms with E-state index in [1.54, 1.807) is 11.3 Å². The molecule has 1 saturated carbocycles. The van der Waals surface area contributed by atoms with Gasteiger partial charge in [-0.05, 0) is 49.4 Å². The Labute approximate surface area is 135 Å². The maximum atomic E-state index is 6.44. The van der Waals surface area contributed by atoms with Crippen LogP contribution in [0, 0.1) is 12.0 Å². The van der Waals surface area contributed by atoms with Gasteiger partial charge in [-0.15, -0.1) is 11.3 Å². The molecule has 0 saturated heterocycles. The molecule has 3 rings (SSSR count). The molecule has 1 radical (unpaired) electrons. The van der Waals surface area contributed by atoms with Crippen molar-refractivity contribution in [1.29, 1.82) is 0 Å². The van der Waals surface area contributed by atoms with Gasteiger partial charge in [0.25, 0.3) is 0 Å². The van der Waals surface area contributed by atoms with Crippen LogP contribution in [-0.2, 0) is 5.60 Å². The fraction of sp³-hybridized carbons (Fsp3) is 0.444. The molecule has 0 N–H and O–H groups in total. The van der Waals surface area contributed by atoms with Crippen molar-refractivity contribution in [3.63, 3.8) is 0 Å². The first-order valence-electron chi connectivity index (χ1n) is 7.59. The summed E-state index contributed by atoms with van der Waals surface area (Å²) in [4.78, 5) is 1.29. The van der Waals surface area contributed by atoms with Gasteiger partial charge in [0.15, 0.2) is 0 Å². The van der Waals surface area contributed by atoms with Crippen LogP contribution in [0.15, 0.2) is 35.7 Å². The molecule has 1 aliphatic rings. The third-order valence-corrected chi connectivity index (χ3v) is 5.78. The van der Waals surface area contributed by atoms with Gasteiger partial charge in [-0.3, -0.25) is 0 Å². The molecular weight excluding hydrogens is 300 g/mol. The van der Waals surface area contributed by atoms with E-state index in [9.17, 15) is 0 Å². The van der Waals surface area contributed by atoms with E-state index in [2.05, 4.69) is 30.5 Å². The van der Waals surface area contributed by atoms with Gasteiger partial charge in [0, 0.05) is 21.9 Å². The summed E-state index contributed by atoms with van der Waals surface area (Å²) in [6.07, 6.45) is 6.41. The van der Waals surface area contributed by atoms with Crippen molar-refractivity contribution in [2.75, 3.05) is 0 Å². The summed E-state index contributed by atoms with van der Waals surface area (Å²) in [5.74, 6) is 1.29. The molecule has 1 unspecified atom stereocenters. The Balaban J connectivity index is 1.92. The van der Waals surface area contributed by atoms with Crippen LogP contribution < -0.4 is 4.74 Å². The number of hydrogen-bond acceptors (Lipinski definition) is 2. The van der Waals surface area contributed by atoms with Crippen molar-refractivity contribution in [2.24, 2.45) is 5.92 Å². The lowest BCUT2D eigenvalue weighted by Gasteiger charge is -2.39. The molecule has 1 aromatic heterocycles. The van der Waals surface area contributed by atoms with Gasteiger partial charge in [-0.1, -0.05) is 36.9 Å². The van der Waals surface area contributed by atoms with Gasteiger partial charge in [0.1, 0.15) is 11.4 Å². The fourth-order valence-corrected chi connectivity index (χ4v) is 4.32. The van der Waals surface area contributed by atoms with Crippen molar-refractivity contribution in [2.45, 2.75) is 44.6 Å². The third kappa shape index (κ3) is 3.27. The zero-order chi connectivity index (χ0) is 14.7. The number of rotatable bonds is 4. The van der Waals surface area contributed by atoms with E-state index >= 15 is 0 Å². The number of hydrogen-bond donors (Lipinski definition) is 0. The molecule has 1 fully saturated rings. The van der Waals surface area contributed by atoms with Gasteiger partial charge in [-0.25, -0.2) is 0 Å². The summed E-state index contributed by atoms with van der Waals surface area (Å²) in [7, 11) is 0. The molecule has 21 heavy (non-hydrogen) atoms. The molecule has 3 heteroatoms. The molecule has 1 heterocycles. The fourth-order valence-electron chi connectivity index (χ4n) is 3.26. The van der Waals surface area contributed by atoms with Crippen molar-refractivity contribution in [3.05, 3.63) is 51.7 Å². The van der Waals surface area contributed by atoms with Gasteiger partial charge >= 0.3 is 0 Å². The van der Waals surface area contributed by atoms with E-state index in [-0.39, 0.29) is 5.60 Å². The zero-order valence-electron chi connectivity index (χ0n) is 12.3. The van der Waals surface area contributed by atoms with E-state index in [4.69, 9.17) is 16.3 Å². The Morgan fingerprint density at radius 1 is 1.29 bits per heavy atom. The van der Waals surface area contributed by atoms with E-state index in [1.165, 1.54) is 37.0 Å². The maximum Gasteiger partial charge on any atom is 0.143 e. The predicted molar refractivity (Wildman–Crippen MR) is 89.2 cm³/mol. The second-order valence-electron chi connectivity index (χ2n) is 5.89. The van der Waals surface area contributed by atoms with Crippen LogP contribution in [0.25, 0.3) is 0 Å². The molecule has 0 amide bonds. The smallest absolute Gasteiger partial charge is 0.143 e. The largest absolute Gasteiger partial charge is 0.481 e. The first-order valence-corrected chi connectivity index (χ1v) is 8.84. The first kappa shape index (κ1) is 14.9.